The van der Waals surface area contributed by atoms with Gasteiger partial charge in [-0.3, -0.25) is 9.59 Å². The Labute approximate surface area is 223 Å². The molecular weight excluding hydrogens is 514 g/mol. The van der Waals surface area contributed by atoms with Crippen LogP contribution in [0.2, 0.25) is 0 Å². The summed E-state index contributed by atoms with van der Waals surface area (Å²) < 4.78 is 55.4. The molecule has 39 heavy (non-hydrogen) atoms. The fraction of sp³-hybridized carbons (Fsp3) is 0.357. The van der Waals surface area contributed by atoms with E-state index in [4.69, 9.17) is 10.2 Å². The molecule has 0 aliphatic heterocycles. The van der Waals surface area contributed by atoms with Crippen LogP contribution in [0, 0.1) is 17.1 Å². The molecule has 0 radical (unpaired) electrons. The van der Waals surface area contributed by atoms with Crippen LogP contribution >= 0.6 is 0 Å². The Morgan fingerprint density at radius 2 is 1.90 bits per heavy atom. The Morgan fingerprint density at radius 3 is 2.49 bits per heavy atom. The molecule has 7 nitrogen and oxygen atoms in total. The molecule has 0 bridgehead atoms. The van der Waals surface area contributed by atoms with Crippen LogP contribution < -0.4 is 5.32 Å². The van der Waals surface area contributed by atoms with Crippen molar-refractivity contribution >= 4 is 11.8 Å². The molecule has 1 heterocycles. The first-order valence-electron chi connectivity index (χ1n) is 12.5. The average Bonchev–Trinajstić information content (AvgIpc) is 3.64. The molecule has 0 saturated heterocycles. The second-order valence-corrected chi connectivity index (χ2v) is 9.56. The molecule has 1 aromatic heterocycles. The molecule has 1 fully saturated rings. The first kappa shape index (κ1) is 27.8. The summed E-state index contributed by atoms with van der Waals surface area (Å²) in [4.78, 5) is 31.2. The molecule has 0 unspecified atom stereocenters. The van der Waals surface area contributed by atoms with Crippen LogP contribution in [-0.2, 0) is 22.2 Å². The van der Waals surface area contributed by atoms with Gasteiger partial charge in [-0.25, -0.2) is 9.37 Å². The van der Waals surface area contributed by atoms with Crippen molar-refractivity contribution in [3.05, 3.63) is 82.7 Å². The number of carbonyl (C=O) groups excluding carboxylic acids is 2. The number of nitrogens with zero attached hydrogens (tertiary/aromatic N) is 4. The molecule has 1 atom stereocenters. The zero-order valence-corrected chi connectivity index (χ0v) is 21.4. The van der Waals surface area contributed by atoms with Gasteiger partial charge in [0, 0.05) is 37.8 Å². The summed E-state index contributed by atoms with van der Waals surface area (Å²) in [6.45, 7) is 3.30. The second-order valence-electron chi connectivity index (χ2n) is 9.56. The summed E-state index contributed by atoms with van der Waals surface area (Å²) in [5, 5.41) is 11.8. The van der Waals surface area contributed by atoms with Crippen molar-refractivity contribution in [2.75, 3.05) is 13.1 Å². The van der Waals surface area contributed by atoms with Crippen LogP contribution in [0.5, 0.6) is 0 Å². The van der Waals surface area contributed by atoms with Gasteiger partial charge in [0.2, 0.25) is 11.8 Å². The third-order valence-corrected chi connectivity index (χ3v) is 6.60. The minimum Gasteiger partial charge on any atom is -0.355 e. The molecule has 204 valence electrons. The highest BCUT2D eigenvalue weighted by atomic mass is 19.4. The lowest BCUT2D eigenvalue weighted by molar-refractivity contribution is -0.140. The van der Waals surface area contributed by atoms with E-state index in [0.717, 1.165) is 30.3 Å². The highest BCUT2D eigenvalue weighted by Crippen LogP contribution is 2.40. The SMILES string of the molecule is CC(=O)NCCN(C(=O)Cc1ccc(F)c(C(F)(F)F)c1)[C@H](C)c1nc(C2CC2)cn1-c1ccc(C#N)cc1. The quantitative estimate of drug-likeness (QED) is 0.384. The zero-order valence-electron chi connectivity index (χ0n) is 21.4. The largest absolute Gasteiger partial charge is 0.419 e. The summed E-state index contributed by atoms with van der Waals surface area (Å²) in [5.41, 5.74) is 0.665. The van der Waals surface area contributed by atoms with Crippen molar-refractivity contribution in [2.45, 2.75) is 51.2 Å². The average molecular weight is 542 g/mol. The number of nitriles is 1. The number of nitrogens with one attached hydrogen (secondary N) is 1. The number of benzene rings is 2. The predicted molar refractivity (Wildman–Crippen MR) is 134 cm³/mol. The van der Waals surface area contributed by atoms with Crippen LogP contribution in [0.3, 0.4) is 0 Å². The highest BCUT2D eigenvalue weighted by Gasteiger charge is 2.35. The van der Waals surface area contributed by atoms with E-state index in [1.807, 2.05) is 10.8 Å². The number of hydrogen-bond donors (Lipinski definition) is 1. The number of amides is 2. The lowest BCUT2D eigenvalue weighted by atomic mass is 10.1. The summed E-state index contributed by atoms with van der Waals surface area (Å²) in [5.74, 6) is -1.37. The monoisotopic (exact) mass is 541 g/mol. The molecule has 1 N–H and O–H groups in total. The van der Waals surface area contributed by atoms with Gasteiger partial charge in [-0.05, 0) is 61.7 Å². The summed E-state index contributed by atoms with van der Waals surface area (Å²) in [6.07, 6.45) is -1.41. The summed E-state index contributed by atoms with van der Waals surface area (Å²) >= 11 is 0. The zero-order chi connectivity index (χ0) is 28.3. The van der Waals surface area contributed by atoms with Crippen molar-refractivity contribution in [3.63, 3.8) is 0 Å². The Morgan fingerprint density at radius 1 is 1.21 bits per heavy atom. The molecule has 4 rings (SSSR count). The minimum absolute atomic E-state index is 0.0135. The van der Waals surface area contributed by atoms with Crippen LogP contribution in [0.1, 0.15) is 66.9 Å². The predicted octanol–water partition coefficient (Wildman–Crippen LogP) is 5.05. The second kappa shape index (κ2) is 11.3. The fourth-order valence-corrected chi connectivity index (χ4v) is 4.39. The van der Waals surface area contributed by atoms with Crippen LogP contribution in [-0.4, -0.2) is 39.4 Å². The van der Waals surface area contributed by atoms with Gasteiger partial charge in [0.1, 0.15) is 11.6 Å². The maximum atomic E-state index is 13.8. The number of alkyl halides is 3. The van der Waals surface area contributed by atoms with Crippen LogP contribution in [0.4, 0.5) is 17.6 Å². The molecule has 2 amide bonds. The van der Waals surface area contributed by atoms with Gasteiger partial charge < -0.3 is 14.8 Å². The van der Waals surface area contributed by atoms with Crippen molar-refractivity contribution < 1.29 is 27.2 Å². The van der Waals surface area contributed by atoms with Crippen molar-refractivity contribution in [3.8, 4) is 11.8 Å². The van der Waals surface area contributed by atoms with Gasteiger partial charge in [-0.1, -0.05) is 6.07 Å². The number of aromatic nitrogens is 2. The number of halogens is 4. The lowest BCUT2D eigenvalue weighted by Crippen LogP contribution is -2.41. The number of imidazole rings is 1. The molecule has 11 heteroatoms. The third kappa shape index (κ3) is 6.63. The molecule has 2 aromatic carbocycles. The van der Waals surface area contributed by atoms with Crippen molar-refractivity contribution in [1.29, 1.82) is 5.26 Å². The van der Waals surface area contributed by atoms with E-state index in [1.165, 1.54) is 11.8 Å². The third-order valence-electron chi connectivity index (χ3n) is 6.60. The normalized spacial score (nSPS) is 14.0. The van der Waals surface area contributed by atoms with E-state index in [0.29, 0.717) is 29.4 Å². The van der Waals surface area contributed by atoms with E-state index in [2.05, 4.69) is 11.4 Å². The van der Waals surface area contributed by atoms with Gasteiger partial charge in [-0.15, -0.1) is 0 Å². The topological polar surface area (TPSA) is 91.0 Å². The maximum absolute atomic E-state index is 13.8. The Hall–Kier alpha value is -4.20. The Bertz CT molecular complexity index is 1400. The van der Waals surface area contributed by atoms with E-state index in [-0.39, 0.29) is 24.6 Å². The van der Waals surface area contributed by atoms with E-state index >= 15 is 0 Å². The molecule has 1 saturated carbocycles. The number of hydrogen-bond acceptors (Lipinski definition) is 4. The van der Waals surface area contributed by atoms with Crippen LogP contribution in [0.15, 0.2) is 48.7 Å². The lowest BCUT2D eigenvalue weighted by Gasteiger charge is -2.30. The number of carbonyl (C=O) groups is 2. The Kier molecular flexibility index (Phi) is 8.04. The summed E-state index contributed by atoms with van der Waals surface area (Å²) in [7, 11) is 0. The van der Waals surface area contributed by atoms with Gasteiger partial charge in [-0.2, -0.15) is 18.4 Å². The summed E-state index contributed by atoms with van der Waals surface area (Å²) in [6, 6.07) is 10.8. The van der Waals surface area contributed by atoms with Gasteiger partial charge in [0.25, 0.3) is 0 Å². The number of rotatable bonds is 9. The smallest absolute Gasteiger partial charge is 0.355 e. The molecule has 0 spiro atoms. The van der Waals surface area contributed by atoms with Crippen molar-refractivity contribution in [2.24, 2.45) is 0 Å². The van der Waals surface area contributed by atoms with Crippen molar-refractivity contribution in [1.82, 2.24) is 19.8 Å². The molecule has 1 aliphatic rings. The first-order valence-corrected chi connectivity index (χ1v) is 12.5. The van der Waals surface area contributed by atoms with Gasteiger partial charge in [0.15, 0.2) is 0 Å². The first-order chi connectivity index (χ1) is 18.5. The minimum atomic E-state index is -4.90. The molecule has 1 aliphatic carbocycles. The van der Waals surface area contributed by atoms with Crippen LogP contribution in [0.25, 0.3) is 5.69 Å². The standard InChI is InChI=1S/C28H27F4N5O2/c1-17(27-35-25(21-6-7-21)16-37(27)22-8-3-19(15-33)4-9-22)36(12-11-34-18(2)38)26(39)14-20-5-10-24(29)23(13-20)28(30,31)32/h3-5,8-10,13,16-17,21H,6-7,11-12,14H2,1-2H3,(H,34,38)/t17-/m1/s1. The van der Waals surface area contributed by atoms with Gasteiger partial charge in [0.05, 0.1) is 35.4 Å². The van der Waals surface area contributed by atoms with E-state index in [9.17, 15) is 27.2 Å². The molecule has 3 aromatic rings. The Balaban J connectivity index is 1.67. The molecular formula is C28H27F4N5O2. The van der Waals surface area contributed by atoms with Gasteiger partial charge >= 0.3 is 6.18 Å². The highest BCUT2D eigenvalue weighted by molar-refractivity contribution is 5.79. The maximum Gasteiger partial charge on any atom is 0.419 e. The van der Waals surface area contributed by atoms with E-state index in [1.54, 1.807) is 31.2 Å². The fourth-order valence-electron chi connectivity index (χ4n) is 4.39. The van der Waals surface area contributed by atoms with E-state index < -0.39 is 35.9 Å².